The Bertz CT molecular complexity index is 301. The first-order valence-electron chi connectivity index (χ1n) is 4.56. The van der Waals surface area contributed by atoms with Crippen molar-refractivity contribution in [2.45, 2.75) is 26.7 Å². The van der Waals surface area contributed by atoms with Crippen LogP contribution in [0.4, 0.5) is 0 Å². The predicted octanol–water partition coefficient (Wildman–Crippen LogP) is 2.49. The van der Waals surface area contributed by atoms with Crippen LogP contribution in [-0.4, -0.2) is 6.61 Å². The van der Waals surface area contributed by atoms with Crippen LogP contribution in [0.25, 0.3) is 0 Å². The summed E-state index contributed by atoms with van der Waals surface area (Å²) in [5.74, 6) is 1.10. The summed E-state index contributed by atoms with van der Waals surface area (Å²) < 4.78 is 5.48. The van der Waals surface area contributed by atoms with Gasteiger partial charge in [0.15, 0.2) is 0 Å². The molecular formula is C11H14O. The van der Waals surface area contributed by atoms with E-state index in [2.05, 4.69) is 26.0 Å². The number of ether oxygens (including phenoxy) is 1. The summed E-state index contributed by atoms with van der Waals surface area (Å²) in [6.07, 6.45) is 2.21. The van der Waals surface area contributed by atoms with Crippen molar-refractivity contribution in [1.29, 1.82) is 0 Å². The number of fused-ring (bicyclic) bond motifs is 1. The minimum Gasteiger partial charge on any atom is -0.493 e. The second kappa shape index (κ2) is 2.81. The normalized spacial score (nSPS) is 14.2. The molecule has 0 unspecified atom stereocenters. The number of hydrogen-bond acceptors (Lipinski definition) is 1. The Morgan fingerprint density at radius 3 is 3.00 bits per heavy atom. The summed E-state index contributed by atoms with van der Waals surface area (Å²) in [6, 6.07) is 4.46. The van der Waals surface area contributed by atoms with E-state index in [1.807, 2.05) is 0 Å². The molecule has 2 rings (SSSR count). The highest BCUT2D eigenvalue weighted by molar-refractivity contribution is 5.44. The number of rotatable bonds is 1. The molecule has 0 saturated heterocycles. The van der Waals surface area contributed by atoms with Crippen LogP contribution in [0.2, 0.25) is 0 Å². The van der Waals surface area contributed by atoms with Crippen molar-refractivity contribution < 1.29 is 4.74 Å². The molecule has 1 aliphatic rings. The third kappa shape index (κ3) is 1.09. The fourth-order valence-corrected chi connectivity index (χ4v) is 1.76. The van der Waals surface area contributed by atoms with Crippen molar-refractivity contribution in [2.24, 2.45) is 0 Å². The minimum atomic E-state index is 0.863. The van der Waals surface area contributed by atoms with Gasteiger partial charge in [-0.25, -0.2) is 0 Å². The smallest absolute Gasteiger partial charge is 0.122 e. The number of hydrogen-bond donors (Lipinski definition) is 0. The maximum absolute atomic E-state index is 5.48. The summed E-state index contributed by atoms with van der Waals surface area (Å²) in [5.41, 5.74) is 4.20. The molecule has 1 heterocycles. The first-order chi connectivity index (χ1) is 5.81. The fraction of sp³-hybridized carbons (Fsp3) is 0.455. The van der Waals surface area contributed by atoms with Crippen molar-refractivity contribution in [2.75, 3.05) is 6.61 Å². The molecule has 0 fully saturated rings. The molecule has 12 heavy (non-hydrogen) atoms. The lowest BCUT2D eigenvalue weighted by Gasteiger charge is -2.05. The second-order valence-corrected chi connectivity index (χ2v) is 3.34. The lowest BCUT2D eigenvalue weighted by atomic mass is 10.0. The molecular weight excluding hydrogens is 148 g/mol. The maximum atomic E-state index is 5.48. The predicted molar refractivity (Wildman–Crippen MR) is 49.8 cm³/mol. The Hall–Kier alpha value is -0.980. The van der Waals surface area contributed by atoms with Gasteiger partial charge in [-0.3, -0.25) is 0 Å². The van der Waals surface area contributed by atoms with Crippen molar-refractivity contribution in [3.05, 3.63) is 28.8 Å². The quantitative estimate of drug-likeness (QED) is 0.616. The van der Waals surface area contributed by atoms with Crippen molar-refractivity contribution in [1.82, 2.24) is 0 Å². The average Bonchev–Trinajstić information content (AvgIpc) is 2.49. The van der Waals surface area contributed by atoms with Crippen LogP contribution >= 0.6 is 0 Å². The molecule has 1 aromatic carbocycles. The SMILES string of the molecule is CCc1cc2c(cc1C)OCC2. The molecule has 0 amide bonds. The number of aryl methyl sites for hydroxylation is 2. The van der Waals surface area contributed by atoms with Crippen LogP contribution in [0.5, 0.6) is 5.75 Å². The summed E-state index contributed by atoms with van der Waals surface area (Å²) in [5, 5.41) is 0. The molecule has 0 aliphatic carbocycles. The van der Waals surface area contributed by atoms with E-state index in [4.69, 9.17) is 4.74 Å². The highest BCUT2D eigenvalue weighted by atomic mass is 16.5. The zero-order valence-corrected chi connectivity index (χ0v) is 7.68. The van der Waals surface area contributed by atoms with E-state index in [1.54, 1.807) is 0 Å². The molecule has 0 spiro atoms. The van der Waals surface area contributed by atoms with E-state index in [0.717, 1.165) is 25.2 Å². The molecule has 1 aromatic rings. The monoisotopic (exact) mass is 162 g/mol. The molecule has 1 aliphatic heterocycles. The van der Waals surface area contributed by atoms with Gasteiger partial charge in [0.1, 0.15) is 5.75 Å². The Labute approximate surface area is 73.4 Å². The largest absolute Gasteiger partial charge is 0.493 e. The van der Waals surface area contributed by atoms with E-state index < -0.39 is 0 Å². The van der Waals surface area contributed by atoms with E-state index in [-0.39, 0.29) is 0 Å². The molecule has 0 radical (unpaired) electrons. The fourth-order valence-electron chi connectivity index (χ4n) is 1.76. The van der Waals surface area contributed by atoms with Gasteiger partial charge in [-0.2, -0.15) is 0 Å². The van der Waals surface area contributed by atoms with Crippen LogP contribution in [0.15, 0.2) is 12.1 Å². The maximum Gasteiger partial charge on any atom is 0.122 e. The van der Waals surface area contributed by atoms with Gasteiger partial charge in [0.25, 0.3) is 0 Å². The molecule has 0 saturated carbocycles. The molecule has 64 valence electrons. The van der Waals surface area contributed by atoms with E-state index in [0.29, 0.717) is 0 Å². The van der Waals surface area contributed by atoms with Crippen molar-refractivity contribution in [3.8, 4) is 5.75 Å². The zero-order chi connectivity index (χ0) is 8.55. The van der Waals surface area contributed by atoms with Gasteiger partial charge in [0, 0.05) is 6.42 Å². The summed E-state index contributed by atoms with van der Waals surface area (Å²) >= 11 is 0. The van der Waals surface area contributed by atoms with Crippen LogP contribution in [-0.2, 0) is 12.8 Å². The first kappa shape index (κ1) is 7.66. The second-order valence-electron chi connectivity index (χ2n) is 3.34. The molecule has 0 N–H and O–H groups in total. The van der Waals surface area contributed by atoms with Gasteiger partial charge in [-0.1, -0.05) is 13.0 Å². The molecule has 0 aromatic heterocycles. The van der Waals surface area contributed by atoms with Gasteiger partial charge in [0.05, 0.1) is 6.61 Å². The van der Waals surface area contributed by atoms with Crippen LogP contribution < -0.4 is 4.74 Å². The third-order valence-electron chi connectivity index (χ3n) is 2.53. The van der Waals surface area contributed by atoms with Gasteiger partial charge in [0.2, 0.25) is 0 Å². The summed E-state index contributed by atoms with van der Waals surface area (Å²) in [7, 11) is 0. The van der Waals surface area contributed by atoms with Gasteiger partial charge >= 0.3 is 0 Å². The number of benzene rings is 1. The first-order valence-corrected chi connectivity index (χ1v) is 4.56. The van der Waals surface area contributed by atoms with Crippen LogP contribution in [0, 0.1) is 6.92 Å². The van der Waals surface area contributed by atoms with Crippen molar-refractivity contribution >= 4 is 0 Å². The third-order valence-corrected chi connectivity index (χ3v) is 2.53. The summed E-state index contributed by atoms with van der Waals surface area (Å²) in [6.45, 7) is 5.22. The van der Waals surface area contributed by atoms with Crippen LogP contribution in [0.3, 0.4) is 0 Å². The summed E-state index contributed by atoms with van der Waals surface area (Å²) in [4.78, 5) is 0. The average molecular weight is 162 g/mol. The Morgan fingerprint density at radius 1 is 1.42 bits per heavy atom. The van der Waals surface area contributed by atoms with Gasteiger partial charge in [-0.15, -0.1) is 0 Å². The van der Waals surface area contributed by atoms with Crippen molar-refractivity contribution in [3.63, 3.8) is 0 Å². The molecule has 0 bridgehead atoms. The standard InChI is InChI=1S/C11H14O/c1-3-9-7-10-4-5-12-11(10)6-8(9)2/h6-7H,3-5H2,1-2H3. The van der Waals surface area contributed by atoms with E-state index in [9.17, 15) is 0 Å². The molecule has 1 nitrogen and oxygen atoms in total. The molecule has 0 atom stereocenters. The lowest BCUT2D eigenvalue weighted by molar-refractivity contribution is 0.356. The Balaban J connectivity index is 2.49. The topological polar surface area (TPSA) is 9.23 Å². The minimum absolute atomic E-state index is 0.863. The van der Waals surface area contributed by atoms with Gasteiger partial charge < -0.3 is 4.74 Å². The Kier molecular flexibility index (Phi) is 1.80. The van der Waals surface area contributed by atoms with Gasteiger partial charge in [-0.05, 0) is 36.1 Å². The lowest BCUT2D eigenvalue weighted by Crippen LogP contribution is -1.88. The highest BCUT2D eigenvalue weighted by Crippen LogP contribution is 2.28. The Morgan fingerprint density at radius 2 is 2.25 bits per heavy atom. The molecule has 1 heteroatoms. The van der Waals surface area contributed by atoms with E-state index in [1.165, 1.54) is 16.7 Å². The highest BCUT2D eigenvalue weighted by Gasteiger charge is 2.13. The van der Waals surface area contributed by atoms with E-state index >= 15 is 0 Å². The van der Waals surface area contributed by atoms with Crippen LogP contribution in [0.1, 0.15) is 23.6 Å². The zero-order valence-electron chi connectivity index (χ0n) is 7.68.